The normalized spacial score (nSPS) is 16.8. The first kappa shape index (κ1) is 16.1. The van der Waals surface area contributed by atoms with E-state index in [0.717, 1.165) is 11.5 Å². The number of para-hydroxylation sites is 2. The Morgan fingerprint density at radius 3 is 2.88 bits per heavy atom. The Labute approximate surface area is 140 Å². The minimum Gasteiger partial charge on any atom is -0.486 e. The molecule has 0 amide bonds. The molecular weight excluding hydrogens is 310 g/mol. The predicted molar refractivity (Wildman–Crippen MR) is 88.5 cm³/mol. The van der Waals surface area contributed by atoms with Gasteiger partial charge in [0.1, 0.15) is 12.7 Å². The zero-order chi connectivity index (χ0) is 16.8. The van der Waals surface area contributed by atoms with Crippen LogP contribution in [0.1, 0.15) is 11.7 Å². The van der Waals surface area contributed by atoms with Gasteiger partial charge >= 0.3 is 0 Å². The molecule has 24 heavy (non-hydrogen) atoms. The molecule has 2 N–H and O–H groups in total. The van der Waals surface area contributed by atoms with E-state index in [4.69, 9.17) is 14.0 Å². The van der Waals surface area contributed by atoms with Crippen molar-refractivity contribution in [2.75, 3.05) is 26.7 Å². The van der Waals surface area contributed by atoms with Crippen LogP contribution in [-0.4, -0.2) is 48.9 Å². The van der Waals surface area contributed by atoms with Crippen molar-refractivity contribution in [2.24, 2.45) is 4.99 Å². The topological polar surface area (TPSA) is 93.8 Å². The fraction of sp³-hybridized carbons (Fsp3) is 0.438. The Kier molecular flexibility index (Phi) is 5.15. The number of aryl methyl sites for hydroxylation is 1. The van der Waals surface area contributed by atoms with E-state index >= 15 is 0 Å². The number of rotatable bonds is 5. The van der Waals surface area contributed by atoms with Crippen LogP contribution in [0, 0.1) is 6.92 Å². The van der Waals surface area contributed by atoms with Crippen LogP contribution in [-0.2, 0) is 6.42 Å². The Morgan fingerprint density at radius 1 is 1.29 bits per heavy atom. The molecule has 1 unspecified atom stereocenters. The molecule has 1 aliphatic heterocycles. The van der Waals surface area contributed by atoms with E-state index in [2.05, 4.69) is 25.8 Å². The summed E-state index contributed by atoms with van der Waals surface area (Å²) in [5.74, 6) is 3.49. The monoisotopic (exact) mass is 331 g/mol. The number of aromatic nitrogens is 2. The fourth-order valence-corrected chi connectivity index (χ4v) is 2.32. The molecular formula is C16H21N5O3. The molecule has 8 nitrogen and oxygen atoms in total. The van der Waals surface area contributed by atoms with E-state index in [0.29, 0.717) is 43.8 Å². The maximum absolute atomic E-state index is 5.90. The quantitative estimate of drug-likeness (QED) is 0.621. The van der Waals surface area contributed by atoms with E-state index in [1.807, 2.05) is 24.3 Å². The standard InChI is InChI=1S/C16H21N5O3/c1-11-20-15(24-21-11)7-8-18-16(17-2)19-9-12-10-22-13-5-3-4-6-14(13)23-12/h3-6,12H,7-10H2,1-2H3,(H2,17,18,19). The van der Waals surface area contributed by atoms with Crippen LogP contribution in [0.25, 0.3) is 0 Å². The van der Waals surface area contributed by atoms with Crippen molar-refractivity contribution in [3.8, 4) is 11.5 Å². The van der Waals surface area contributed by atoms with E-state index in [1.54, 1.807) is 14.0 Å². The summed E-state index contributed by atoms with van der Waals surface area (Å²) in [5.41, 5.74) is 0. The first-order chi connectivity index (χ1) is 11.7. The molecule has 8 heteroatoms. The first-order valence-electron chi connectivity index (χ1n) is 7.87. The van der Waals surface area contributed by atoms with Crippen molar-refractivity contribution in [3.05, 3.63) is 36.0 Å². The average molecular weight is 331 g/mol. The lowest BCUT2D eigenvalue weighted by Crippen LogP contribution is -2.45. The highest BCUT2D eigenvalue weighted by molar-refractivity contribution is 5.79. The smallest absolute Gasteiger partial charge is 0.228 e. The maximum atomic E-state index is 5.90. The number of hydrogen-bond donors (Lipinski definition) is 2. The summed E-state index contributed by atoms with van der Waals surface area (Å²) in [6.45, 7) is 3.54. The summed E-state index contributed by atoms with van der Waals surface area (Å²) in [5, 5.41) is 10.2. The lowest BCUT2D eigenvalue weighted by atomic mass is 10.2. The van der Waals surface area contributed by atoms with Crippen molar-refractivity contribution in [1.82, 2.24) is 20.8 Å². The van der Waals surface area contributed by atoms with Crippen molar-refractivity contribution in [2.45, 2.75) is 19.4 Å². The minimum absolute atomic E-state index is 0.0722. The molecule has 2 heterocycles. The van der Waals surface area contributed by atoms with E-state index in [9.17, 15) is 0 Å². The Morgan fingerprint density at radius 2 is 2.12 bits per heavy atom. The van der Waals surface area contributed by atoms with E-state index in [-0.39, 0.29) is 6.10 Å². The van der Waals surface area contributed by atoms with Crippen LogP contribution in [0.2, 0.25) is 0 Å². The summed E-state index contributed by atoms with van der Waals surface area (Å²) < 4.78 is 16.7. The second-order valence-corrected chi connectivity index (χ2v) is 5.36. The zero-order valence-electron chi connectivity index (χ0n) is 13.8. The summed E-state index contributed by atoms with van der Waals surface area (Å²) in [7, 11) is 1.72. The van der Waals surface area contributed by atoms with Crippen molar-refractivity contribution >= 4 is 5.96 Å². The Hall–Kier alpha value is -2.77. The molecule has 1 aliphatic rings. The molecule has 1 aromatic carbocycles. The second kappa shape index (κ2) is 7.67. The van der Waals surface area contributed by atoms with Crippen LogP contribution < -0.4 is 20.1 Å². The second-order valence-electron chi connectivity index (χ2n) is 5.36. The Balaban J connectivity index is 1.41. The molecule has 0 saturated carbocycles. The van der Waals surface area contributed by atoms with E-state index < -0.39 is 0 Å². The highest BCUT2D eigenvalue weighted by Crippen LogP contribution is 2.30. The lowest BCUT2D eigenvalue weighted by Gasteiger charge is -2.27. The van der Waals surface area contributed by atoms with Gasteiger partial charge in [0.2, 0.25) is 5.89 Å². The SMILES string of the molecule is CN=C(NCCc1nc(C)no1)NCC1COc2ccccc2O1. The number of nitrogens with one attached hydrogen (secondary N) is 2. The molecule has 0 saturated heterocycles. The molecule has 0 fully saturated rings. The molecule has 0 radical (unpaired) electrons. The van der Waals surface area contributed by atoms with Gasteiger partial charge in [-0.3, -0.25) is 4.99 Å². The number of benzene rings is 1. The summed E-state index contributed by atoms with van der Waals surface area (Å²) in [6, 6.07) is 7.66. The number of nitrogens with zero attached hydrogens (tertiary/aromatic N) is 3. The van der Waals surface area contributed by atoms with Crippen molar-refractivity contribution in [3.63, 3.8) is 0 Å². The molecule has 0 aliphatic carbocycles. The fourth-order valence-electron chi connectivity index (χ4n) is 2.32. The largest absolute Gasteiger partial charge is 0.486 e. The van der Waals surface area contributed by atoms with Gasteiger partial charge in [0.25, 0.3) is 0 Å². The van der Waals surface area contributed by atoms with Gasteiger partial charge in [-0.1, -0.05) is 17.3 Å². The third kappa shape index (κ3) is 4.15. The van der Waals surface area contributed by atoms with Crippen LogP contribution >= 0.6 is 0 Å². The molecule has 2 aromatic rings. The van der Waals surface area contributed by atoms with Crippen molar-refractivity contribution < 1.29 is 14.0 Å². The summed E-state index contributed by atoms with van der Waals surface area (Å²) in [4.78, 5) is 8.34. The van der Waals surface area contributed by atoms with Crippen LogP contribution in [0.4, 0.5) is 0 Å². The highest BCUT2D eigenvalue weighted by atomic mass is 16.6. The molecule has 3 rings (SSSR count). The van der Waals surface area contributed by atoms with Crippen molar-refractivity contribution in [1.29, 1.82) is 0 Å². The highest BCUT2D eigenvalue weighted by Gasteiger charge is 2.20. The molecule has 1 aromatic heterocycles. The van der Waals surface area contributed by atoms with Gasteiger partial charge in [-0.25, -0.2) is 0 Å². The van der Waals surface area contributed by atoms with Gasteiger partial charge in [-0.05, 0) is 19.1 Å². The van der Waals surface area contributed by atoms with E-state index in [1.165, 1.54) is 0 Å². The molecule has 1 atom stereocenters. The molecule has 128 valence electrons. The number of aliphatic imine (C=N–C) groups is 1. The number of hydrogen-bond acceptors (Lipinski definition) is 6. The molecule has 0 bridgehead atoms. The third-order valence-electron chi connectivity index (χ3n) is 3.49. The van der Waals surface area contributed by atoms with Gasteiger partial charge in [-0.2, -0.15) is 4.98 Å². The zero-order valence-corrected chi connectivity index (χ0v) is 13.8. The van der Waals surface area contributed by atoms with Crippen LogP contribution in [0.5, 0.6) is 11.5 Å². The average Bonchev–Trinajstić information content (AvgIpc) is 3.03. The number of fused-ring (bicyclic) bond motifs is 1. The minimum atomic E-state index is -0.0722. The lowest BCUT2D eigenvalue weighted by molar-refractivity contribution is 0.0936. The third-order valence-corrected chi connectivity index (χ3v) is 3.49. The summed E-state index contributed by atoms with van der Waals surface area (Å²) in [6.07, 6.45) is 0.565. The maximum Gasteiger partial charge on any atom is 0.228 e. The van der Waals surface area contributed by atoms with Gasteiger partial charge in [0.05, 0.1) is 6.54 Å². The first-order valence-corrected chi connectivity index (χ1v) is 7.87. The summed E-state index contributed by atoms with van der Waals surface area (Å²) >= 11 is 0. The van der Waals surface area contributed by atoms with Gasteiger partial charge in [0, 0.05) is 20.0 Å². The number of ether oxygens (including phenoxy) is 2. The predicted octanol–water partition coefficient (Wildman–Crippen LogP) is 0.926. The Bertz CT molecular complexity index is 701. The van der Waals surface area contributed by atoms with Gasteiger partial charge < -0.3 is 24.6 Å². The van der Waals surface area contributed by atoms with Gasteiger partial charge in [0.15, 0.2) is 23.3 Å². The van der Waals surface area contributed by atoms with Gasteiger partial charge in [-0.15, -0.1) is 0 Å². The molecule has 0 spiro atoms. The number of guanidine groups is 1. The van der Waals surface area contributed by atoms with Crippen LogP contribution in [0.3, 0.4) is 0 Å². The van der Waals surface area contributed by atoms with Crippen LogP contribution in [0.15, 0.2) is 33.8 Å².